The molecule has 0 unspecified atom stereocenters. The zero-order valence-corrected chi connectivity index (χ0v) is 19.3. The number of alkyl carbamates (subject to hydrolysis) is 1. The molecule has 1 aromatic rings. The average molecular weight is 418 g/mol. The monoisotopic (exact) mass is 417 g/mol. The normalized spacial score (nSPS) is 23.3. The number of hydrogen-bond acceptors (Lipinski definition) is 6. The third-order valence-corrected chi connectivity index (χ3v) is 6.26. The Hall–Kier alpha value is -2.05. The number of anilines is 2. The Morgan fingerprint density at radius 3 is 2.20 bits per heavy atom. The van der Waals surface area contributed by atoms with E-state index < -0.39 is 5.60 Å². The zero-order chi connectivity index (χ0) is 21.7. The Kier molecular flexibility index (Phi) is 7.42. The number of aromatic nitrogens is 2. The van der Waals surface area contributed by atoms with E-state index in [9.17, 15) is 4.79 Å². The fourth-order valence-electron chi connectivity index (χ4n) is 4.43. The number of hydrogen-bond donors (Lipinski definition) is 2. The molecule has 3 rings (SSSR count). The van der Waals surface area contributed by atoms with Crippen molar-refractivity contribution in [3.63, 3.8) is 0 Å². The van der Waals surface area contributed by atoms with Crippen LogP contribution in [0.1, 0.15) is 73.1 Å². The van der Waals surface area contributed by atoms with Crippen molar-refractivity contribution in [1.82, 2.24) is 15.5 Å². The van der Waals surface area contributed by atoms with Crippen molar-refractivity contribution in [2.45, 2.75) is 90.8 Å². The zero-order valence-electron chi connectivity index (χ0n) is 19.3. The molecule has 1 aliphatic heterocycles. The largest absolute Gasteiger partial charge is 0.444 e. The minimum atomic E-state index is -0.460. The molecule has 7 nitrogen and oxygen atoms in total. The highest BCUT2D eigenvalue weighted by molar-refractivity contribution is 5.68. The maximum Gasteiger partial charge on any atom is 0.407 e. The van der Waals surface area contributed by atoms with Gasteiger partial charge in [-0.2, -0.15) is 0 Å². The maximum atomic E-state index is 11.9. The van der Waals surface area contributed by atoms with E-state index in [2.05, 4.69) is 45.6 Å². The van der Waals surface area contributed by atoms with E-state index in [1.54, 1.807) is 0 Å². The highest BCUT2D eigenvalue weighted by atomic mass is 16.6. The van der Waals surface area contributed by atoms with Gasteiger partial charge in [0.15, 0.2) is 5.82 Å². The van der Waals surface area contributed by atoms with Crippen LogP contribution in [0.2, 0.25) is 0 Å². The molecule has 2 aliphatic rings. The number of nitrogens with one attached hydrogen (secondary N) is 2. The summed E-state index contributed by atoms with van der Waals surface area (Å²) in [4.78, 5) is 14.3. The van der Waals surface area contributed by atoms with Gasteiger partial charge in [-0.05, 0) is 83.3 Å². The standard InChI is InChI=1S/C23H39N5O2/c1-16(2)17-12-14-28(15-13-17)21-11-10-20(26-27-21)24-18-6-8-19(9-7-18)25-22(29)30-23(3,4)5/h10-11,16-19H,6-9,12-15H2,1-5H3,(H,24,26)(H,25,29). The van der Waals surface area contributed by atoms with Crippen molar-refractivity contribution in [3.8, 4) is 0 Å². The van der Waals surface area contributed by atoms with Gasteiger partial charge in [0.2, 0.25) is 0 Å². The minimum absolute atomic E-state index is 0.181. The highest BCUT2D eigenvalue weighted by Crippen LogP contribution is 2.27. The first-order chi connectivity index (χ1) is 14.2. The number of carbonyl (C=O) groups excluding carboxylic acids is 1. The Labute approximate surface area is 181 Å². The molecule has 0 radical (unpaired) electrons. The fourth-order valence-corrected chi connectivity index (χ4v) is 4.43. The topological polar surface area (TPSA) is 79.4 Å². The molecule has 1 aromatic heterocycles. The van der Waals surface area contributed by atoms with Crippen LogP contribution in [-0.2, 0) is 4.74 Å². The molecule has 168 valence electrons. The Bertz CT molecular complexity index is 670. The van der Waals surface area contributed by atoms with Crippen LogP contribution in [-0.4, -0.2) is 47.1 Å². The molecular weight excluding hydrogens is 378 g/mol. The molecule has 1 aliphatic carbocycles. The van der Waals surface area contributed by atoms with E-state index in [-0.39, 0.29) is 12.1 Å². The van der Waals surface area contributed by atoms with Crippen LogP contribution in [0.25, 0.3) is 0 Å². The lowest BCUT2D eigenvalue weighted by Crippen LogP contribution is -2.42. The predicted octanol–water partition coefficient (Wildman–Crippen LogP) is 4.60. The van der Waals surface area contributed by atoms with Gasteiger partial charge in [-0.15, -0.1) is 10.2 Å². The van der Waals surface area contributed by atoms with Crippen molar-refractivity contribution in [2.24, 2.45) is 11.8 Å². The molecule has 0 aromatic carbocycles. The second-order valence-corrected chi connectivity index (χ2v) is 10.2. The Morgan fingerprint density at radius 2 is 1.67 bits per heavy atom. The van der Waals surface area contributed by atoms with Crippen molar-refractivity contribution in [1.29, 1.82) is 0 Å². The lowest BCUT2D eigenvalue weighted by molar-refractivity contribution is 0.0492. The first-order valence-corrected chi connectivity index (χ1v) is 11.5. The van der Waals surface area contributed by atoms with Crippen molar-refractivity contribution in [2.75, 3.05) is 23.3 Å². The third kappa shape index (κ3) is 6.74. The van der Waals surface area contributed by atoms with Gasteiger partial charge in [0, 0.05) is 25.2 Å². The smallest absolute Gasteiger partial charge is 0.407 e. The summed E-state index contributed by atoms with van der Waals surface area (Å²) in [7, 11) is 0. The van der Waals surface area contributed by atoms with Crippen LogP contribution >= 0.6 is 0 Å². The summed E-state index contributed by atoms with van der Waals surface area (Å²) in [6.45, 7) is 12.4. The van der Waals surface area contributed by atoms with Crippen LogP contribution in [0.3, 0.4) is 0 Å². The summed E-state index contributed by atoms with van der Waals surface area (Å²) in [5.41, 5.74) is -0.460. The first kappa shape index (κ1) is 22.6. The van der Waals surface area contributed by atoms with Crippen LogP contribution in [0, 0.1) is 11.8 Å². The molecule has 0 bridgehead atoms. The summed E-state index contributed by atoms with van der Waals surface area (Å²) in [6, 6.07) is 4.67. The van der Waals surface area contributed by atoms with E-state index in [0.29, 0.717) is 6.04 Å². The van der Waals surface area contributed by atoms with E-state index in [1.807, 2.05) is 26.8 Å². The maximum absolute atomic E-state index is 11.9. The summed E-state index contributed by atoms with van der Waals surface area (Å²) in [5.74, 6) is 3.40. The number of ether oxygens (including phenoxy) is 1. The highest BCUT2D eigenvalue weighted by Gasteiger charge is 2.25. The molecule has 1 saturated carbocycles. The van der Waals surface area contributed by atoms with Gasteiger partial charge in [0.05, 0.1) is 0 Å². The van der Waals surface area contributed by atoms with E-state index in [4.69, 9.17) is 4.74 Å². The molecule has 7 heteroatoms. The summed E-state index contributed by atoms with van der Waals surface area (Å²) in [5, 5.41) is 15.4. The number of nitrogens with zero attached hydrogens (tertiary/aromatic N) is 3. The van der Waals surface area contributed by atoms with Gasteiger partial charge in [0.1, 0.15) is 11.4 Å². The second-order valence-electron chi connectivity index (χ2n) is 10.2. The minimum Gasteiger partial charge on any atom is -0.444 e. The summed E-state index contributed by atoms with van der Waals surface area (Å²) < 4.78 is 5.35. The molecular formula is C23H39N5O2. The fraction of sp³-hybridized carbons (Fsp3) is 0.783. The Morgan fingerprint density at radius 1 is 1.03 bits per heavy atom. The summed E-state index contributed by atoms with van der Waals surface area (Å²) >= 11 is 0. The molecule has 1 amide bonds. The number of rotatable bonds is 5. The predicted molar refractivity (Wildman–Crippen MR) is 121 cm³/mol. The number of piperidine rings is 1. The van der Waals surface area contributed by atoms with Crippen molar-refractivity contribution >= 4 is 17.7 Å². The Balaban J connectivity index is 1.41. The lowest BCUT2D eigenvalue weighted by atomic mass is 9.87. The van der Waals surface area contributed by atoms with Gasteiger partial charge in [-0.3, -0.25) is 0 Å². The van der Waals surface area contributed by atoms with Gasteiger partial charge in [-0.1, -0.05) is 13.8 Å². The van der Waals surface area contributed by atoms with Crippen LogP contribution in [0.4, 0.5) is 16.4 Å². The average Bonchev–Trinajstić information content (AvgIpc) is 2.69. The number of carbonyl (C=O) groups is 1. The molecule has 2 N–H and O–H groups in total. The van der Waals surface area contributed by atoms with Gasteiger partial charge in [-0.25, -0.2) is 4.79 Å². The van der Waals surface area contributed by atoms with E-state index in [0.717, 1.165) is 62.2 Å². The van der Waals surface area contributed by atoms with Crippen LogP contribution in [0.15, 0.2) is 12.1 Å². The van der Waals surface area contributed by atoms with Crippen molar-refractivity contribution in [3.05, 3.63) is 12.1 Å². The van der Waals surface area contributed by atoms with Gasteiger partial charge in [0.25, 0.3) is 0 Å². The lowest BCUT2D eigenvalue weighted by Gasteiger charge is -2.34. The van der Waals surface area contributed by atoms with Gasteiger partial charge >= 0.3 is 6.09 Å². The molecule has 2 heterocycles. The van der Waals surface area contributed by atoms with Crippen LogP contribution < -0.4 is 15.5 Å². The van der Waals surface area contributed by atoms with Crippen LogP contribution in [0.5, 0.6) is 0 Å². The van der Waals surface area contributed by atoms with Gasteiger partial charge < -0.3 is 20.3 Å². The quantitative estimate of drug-likeness (QED) is 0.729. The molecule has 0 spiro atoms. The SMILES string of the molecule is CC(C)C1CCN(c2ccc(NC3CCC(NC(=O)OC(C)(C)C)CC3)nn2)CC1. The van der Waals surface area contributed by atoms with E-state index in [1.165, 1.54) is 12.8 Å². The molecule has 0 atom stereocenters. The van der Waals surface area contributed by atoms with E-state index >= 15 is 0 Å². The molecule has 1 saturated heterocycles. The first-order valence-electron chi connectivity index (χ1n) is 11.5. The second kappa shape index (κ2) is 9.84. The molecule has 2 fully saturated rings. The number of amides is 1. The third-order valence-electron chi connectivity index (χ3n) is 6.26. The summed E-state index contributed by atoms with van der Waals surface area (Å²) in [6.07, 6.45) is 6.01. The molecule has 30 heavy (non-hydrogen) atoms. The van der Waals surface area contributed by atoms with Crippen molar-refractivity contribution < 1.29 is 9.53 Å².